The van der Waals surface area contributed by atoms with Crippen LogP contribution in [0.4, 0.5) is 4.79 Å². The lowest BCUT2D eigenvalue weighted by molar-refractivity contribution is -0.147. The summed E-state index contributed by atoms with van der Waals surface area (Å²) < 4.78 is 4.63. The number of carbonyl (C=O) groups excluding carboxylic acids is 2. The number of carbonyl (C=O) groups is 4. The second kappa shape index (κ2) is 7.46. The largest absolute Gasteiger partial charge is 0.480 e. The minimum Gasteiger partial charge on any atom is -0.480 e. The predicted octanol–water partition coefficient (Wildman–Crippen LogP) is -0.395. The molecule has 9 heteroatoms. The number of methoxy groups -OCH3 is 1. The maximum atomic E-state index is 12.3. The molecular weight excluding hydrogens is 284 g/mol. The van der Waals surface area contributed by atoms with Crippen LogP contribution in [0.15, 0.2) is 0 Å². The Morgan fingerprint density at radius 1 is 1.14 bits per heavy atom. The molecule has 1 aliphatic heterocycles. The summed E-state index contributed by atoms with van der Waals surface area (Å²) in [4.78, 5) is 47.4. The van der Waals surface area contributed by atoms with E-state index in [1.54, 1.807) is 0 Å². The van der Waals surface area contributed by atoms with E-state index in [1.165, 1.54) is 12.0 Å². The quantitative estimate of drug-likeness (QED) is 0.662. The van der Waals surface area contributed by atoms with Gasteiger partial charge in [0, 0.05) is 6.54 Å². The number of nitrogens with zero attached hydrogens (tertiary/aromatic N) is 2. The molecule has 118 valence electrons. The topological polar surface area (TPSA) is 124 Å². The fourth-order valence-electron chi connectivity index (χ4n) is 2.24. The highest BCUT2D eigenvalue weighted by Crippen LogP contribution is 2.19. The molecule has 0 bridgehead atoms. The van der Waals surface area contributed by atoms with Crippen molar-refractivity contribution in [3.63, 3.8) is 0 Å². The second-order valence-corrected chi connectivity index (χ2v) is 4.65. The number of amides is 2. The lowest BCUT2D eigenvalue weighted by atomic mass is 10.0. The molecule has 1 unspecified atom stereocenters. The van der Waals surface area contributed by atoms with Crippen molar-refractivity contribution in [2.45, 2.75) is 25.3 Å². The van der Waals surface area contributed by atoms with Gasteiger partial charge in [0.2, 0.25) is 0 Å². The van der Waals surface area contributed by atoms with E-state index in [-0.39, 0.29) is 6.54 Å². The summed E-state index contributed by atoms with van der Waals surface area (Å²) in [7, 11) is 1.20. The Hall–Kier alpha value is -2.32. The van der Waals surface area contributed by atoms with E-state index in [2.05, 4.69) is 4.74 Å². The number of rotatable bonds is 5. The smallest absolute Gasteiger partial charge is 0.328 e. The minimum atomic E-state index is -1.32. The zero-order chi connectivity index (χ0) is 16.0. The zero-order valence-electron chi connectivity index (χ0n) is 11.7. The van der Waals surface area contributed by atoms with Crippen molar-refractivity contribution < 1.29 is 34.1 Å². The monoisotopic (exact) mass is 302 g/mol. The Kier molecular flexibility index (Phi) is 5.94. The molecule has 0 aliphatic carbocycles. The lowest BCUT2D eigenvalue weighted by Crippen LogP contribution is -2.55. The molecule has 1 fully saturated rings. The number of aliphatic carboxylic acids is 2. The number of urea groups is 1. The minimum absolute atomic E-state index is 0.258. The van der Waals surface area contributed by atoms with Gasteiger partial charge in [0.15, 0.2) is 0 Å². The lowest BCUT2D eigenvalue weighted by Gasteiger charge is -2.36. The molecule has 0 aromatic heterocycles. The molecule has 1 atom stereocenters. The van der Waals surface area contributed by atoms with Crippen LogP contribution in [0.25, 0.3) is 0 Å². The van der Waals surface area contributed by atoms with Gasteiger partial charge in [-0.25, -0.2) is 9.59 Å². The molecule has 21 heavy (non-hydrogen) atoms. The van der Waals surface area contributed by atoms with E-state index in [1.807, 2.05) is 0 Å². The molecule has 1 rings (SSSR count). The Morgan fingerprint density at radius 2 is 1.71 bits per heavy atom. The van der Waals surface area contributed by atoms with Crippen LogP contribution in [0.5, 0.6) is 0 Å². The summed E-state index contributed by atoms with van der Waals surface area (Å²) in [6.07, 6.45) is 1.81. The number of hydrogen-bond donors (Lipinski definition) is 2. The summed E-state index contributed by atoms with van der Waals surface area (Å²) in [5.74, 6) is -3.24. The molecule has 1 saturated heterocycles. The van der Waals surface area contributed by atoms with Crippen molar-refractivity contribution in [2.24, 2.45) is 0 Å². The van der Waals surface area contributed by atoms with Gasteiger partial charge in [0.25, 0.3) is 0 Å². The number of ether oxygens (including phenoxy) is 1. The fourth-order valence-corrected chi connectivity index (χ4v) is 2.24. The maximum Gasteiger partial charge on any atom is 0.328 e. The summed E-state index contributed by atoms with van der Waals surface area (Å²) in [6, 6.07) is -1.59. The van der Waals surface area contributed by atoms with Gasteiger partial charge in [-0.1, -0.05) is 0 Å². The molecule has 0 spiro atoms. The Balaban J connectivity index is 2.90. The third kappa shape index (κ3) is 4.62. The van der Waals surface area contributed by atoms with E-state index in [0.717, 1.165) is 6.42 Å². The first kappa shape index (κ1) is 16.7. The van der Waals surface area contributed by atoms with Gasteiger partial charge in [-0.15, -0.1) is 0 Å². The van der Waals surface area contributed by atoms with Crippen LogP contribution in [-0.4, -0.2) is 76.7 Å². The Labute approximate surface area is 121 Å². The average molecular weight is 302 g/mol. The van der Waals surface area contributed by atoms with Gasteiger partial charge < -0.3 is 24.7 Å². The maximum absolute atomic E-state index is 12.3. The highest BCUT2D eigenvalue weighted by Gasteiger charge is 2.36. The summed E-state index contributed by atoms with van der Waals surface area (Å²) >= 11 is 0. The van der Waals surface area contributed by atoms with Crippen LogP contribution in [-0.2, 0) is 19.1 Å². The zero-order valence-corrected chi connectivity index (χ0v) is 11.7. The van der Waals surface area contributed by atoms with E-state index in [4.69, 9.17) is 10.2 Å². The number of hydrogen-bond acceptors (Lipinski definition) is 5. The van der Waals surface area contributed by atoms with E-state index in [9.17, 15) is 19.2 Å². The molecule has 0 aromatic rings. The van der Waals surface area contributed by atoms with Gasteiger partial charge >= 0.3 is 23.9 Å². The molecule has 2 amide bonds. The van der Waals surface area contributed by atoms with Gasteiger partial charge in [-0.05, 0) is 19.3 Å². The van der Waals surface area contributed by atoms with E-state index < -0.39 is 43.1 Å². The van der Waals surface area contributed by atoms with Crippen LogP contribution in [0.3, 0.4) is 0 Å². The summed E-state index contributed by atoms with van der Waals surface area (Å²) in [5, 5.41) is 17.5. The van der Waals surface area contributed by atoms with Gasteiger partial charge in [0.05, 0.1) is 7.11 Å². The molecule has 2 N–H and O–H groups in total. The normalized spacial score (nSPS) is 18.0. The van der Waals surface area contributed by atoms with Crippen LogP contribution < -0.4 is 0 Å². The molecule has 1 aliphatic rings. The fraction of sp³-hybridized carbons (Fsp3) is 0.667. The van der Waals surface area contributed by atoms with Crippen molar-refractivity contribution in [3.05, 3.63) is 0 Å². The summed E-state index contributed by atoms with van der Waals surface area (Å²) in [5.41, 5.74) is 0. The number of likely N-dealkylation sites (tertiary alicyclic amines) is 1. The molecular formula is C12H18N2O7. The van der Waals surface area contributed by atoms with Crippen LogP contribution >= 0.6 is 0 Å². The van der Waals surface area contributed by atoms with Crippen molar-refractivity contribution >= 4 is 23.9 Å². The number of piperidine rings is 1. The Bertz CT molecular complexity index is 421. The number of carboxylic acid groups (broad SMARTS) is 2. The molecule has 0 aromatic carbocycles. The SMILES string of the molecule is COC(=O)C1CCCCN1C(=O)N(CC(=O)O)CC(=O)O. The van der Waals surface area contributed by atoms with E-state index >= 15 is 0 Å². The van der Waals surface area contributed by atoms with Crippen molar-refractivity contribution in [1.29, 1.82) is 0 Å². The van der Waals surface area contributed by atoms with Gasteiger partial charge in [0.1, 0.15) is 19.1 Å². The number of carboxylic acids is 2. The predicted molar refractivity (Wildman–Crippen MR) is 68.6 cm³/mol. The second-order valence-electron chi connectivity index (χ2n) is 4.65. The van der Waals surface area contributed by atoms with Gasteiger partial charge in [-0.2, -0.15) is 0 Å². The van der Waals surface area contributed by atoms with Crippen LogP contribution in [0, 0.1) is 0 Å². The standard InChI is InChI=1S/C12H18N2O7/c1-21-11(19)8-4-2-3-5-14(8)12(20)13(6-9(15)16)7-10(17)18/h8H,2-7H2,1H3,(H,15,16)(H,17,18). The number of esters is 1. The molecule has 0 radical (unpaired) electrons. The highest BCUT2D eigenvalue weighted by molar-refractivity contribution is 5.88. The first-order valence-corrected chi connectivity index (χ1v) is 6.43. The van der Waals surface area contributed by atoms with Crippen molar-refractivity contribution in [1.82, 2.24) is 9.80 Å². The highest BCUT2D eigenvalue weighted by atomic mass is 16.5. The first-order valence-electron chi connectivity index (χ1n) is 6.43. The first-order chi connectivity index (χ1) is 9.86. The average Bonchev–Trinajstić information content (AvgIpc) is 2.44. The van der Waals surface area contributed by atoms with Crippen molar-refractivity contribution in [3.8, 4) is 0 Å². The molecule has 1 heterocycles. The molecule has 0 saturated carbocycles. The van der Waals surface area contributed by atoms with Crippen LogP contribution in [0.1, 0.15) is 19.3 Å². The third-order valence-electron chi connectivity index (χ3n) is 3.14. The third-order valence-corrected chi connectivity index (χ3v) is 3.14. The molecule has 9 nitrogen and oxygen atoms in total. The van der Waals surface area contributed by atoms with Crippen LogP contribution in [0.2, 0.25) is 0 Å². The summed E-state index contributed by atoms with van der Waals surface area (Å²) in [6.45, 7) is -1.22. The Morgan fingerprint density at radius 3 is 2.19 bits per heavy atom. The van der Waals surface area contributed by atoms with E-state index in [0.29, 0.717) is 17.7 Å². The van der Waals surface area contributed by atoms with Crippen molar-refractivity contribution in [2.75, 3.05) is 26.7 Å². The van der Waals surface area contributed by atoms with Gasteiger partial charge in [-0.3, -0.25) is 9.59 Å².